The maximum absolute atomic E-state index is 15.3. The third-order valence-corrected chi connectivity index (χ3v) is 9.80. The van der Waals surface area contributed by atoms with Crippen molar-refractivity contribution in [1.29, 1.82) is 0 Å². The van der Waals surface area contributed by atoms with Crippen LogP contribution in [0.3, 0.4) is 0 Å². The Morgan fingerprint density at radius 3 is 2.56 bits per heavy atom. The summed E-state index contributed by atoms with van der Waals surface area (Å²) in [5.41, 5.74) is -0.434. The summed E-state index contributed by atoms with van der Waals surface area (Å²) in [6, 6.07) is 13.8. The molecule has 1 aliphatic rings. The standard InChI is InChI=1S/C32H34F2N3O12P/c1-18(19(2)39)17-50(43,49-22-7-5-4-6-8-22)46-16-25-28(40)32(33,34)29(48-25)37-10-9-26(35-30(37)41)36-31(42)45-15-24-12-20-11-23(44-3)13-21(14-38)27(20)47-24/h4-13,18,25,28-29,38,40H,14-17H2,1-3H3,(H,35,36,41,42)/t18-,25-,28-,29-,50?/m1/s1. The molecular weight excluding hydrogens is 687 g/mol. The van der Waals surface area contributed by atoms with Gasteiger partial charge in [0.05, 0.1) is 26.5 Å². The van der Waals surface area contributed by atoms with Gasteiger partial charge < -0.3 is 33.4 Å². The zero-order chi connectivity index (χ0) is 36.2. The maximum Gasteiger partial charge on any atom is 0.413 e. The van der Waals surface area contributed by atoms with Crippen molar-refractivity contribution in [2.45, 2.75) is 51.4 Å². The molecule has 18 heteroatoms. The summed E-state index contributed by atoms with van der Waals surface area (Å²) in [6.07, 6.45) is -7.18. The lowest BCUT2D eigenvalue weighted by atomic mass is 10.1. The van der Waals surface area contributed by atoms with Crippen LogP contribution >= 0.6 is 7.60 Å². The van der Waals surface area contributed by atoms with Gasteiger partial charge in [-0.2, -0.15) is 13.8 Å². The molecule has 1 fully saturated rings. The number of carbonyl (C=O) groups excluding carboxylic acids is 2. The molecule has 15 nitrogen and oxygen atoms in total. The average molecular weight is 722 g/mol. The Kier molecular flexibility index (Phi) is 11.0. The summed E-state index contributed by atoms with van der Waals surface area (Å²) in [5, 5.41) is 22.9. The van der Waals surface area contributed by atoms with E-state index in [4.69, 9.17) is 27.7 Å². The molecule has 0 bridgehead atoms. The molecule has 4 aromatic rings. The molecule has 0 aliphatic carbocycles. The van der Waals surface area contributed by atoms with E-state index in [1.165, 1.54) is 33.1 Å². The van der Waals surface area contributed by atoms with Crippen molar-refractivity contribution >= 4 is 36.3 Å². The number of rotatable bonds is 14. The first-order valence-corrected chi connectivity index (χ1v) is 16.9. The number of methoxy groups -OCH3 is 1. The predicted molar refractivity (Wildman–Crippen MR) is 171 cm³/mol. The number of anilines is 1. The Labute approximate surface area is 283 Å². The Balaban J connectivity index is 1.23. The number of Topliss-reactive ketones (excluding diaryl/α,β-unsaturated/α-hetero) is 1. The van der Waals surface area contributed by atoms with Crippen LogP contribution < -0.4 is 20.3 Å². The monoisotopic (exact) mass is 721 g/mol. The number of ether oxygens (including phenoxy) is 3. The second-order valence-electron chi connectivity index (χ2n) is 11.4. The first-order valence-electron chi connectivity index (χ1n) is 15.2. The van der Waals surface area contributed by atoms with Crippen molar-refractivity contribution in [1.82, 2.24) is 9.55 Å². The number of fused-ring (bicyclic) bond motifs is 1. The molecule has 50 heavy (non-hydrogen) atoms. The second-order valence-corrected chi connectivity index (χ2v) is 13.5. The molecule has 2 aromatic heterocycles. The lowest BCUT2D eigenvalue weighted by molar-refractivity contribution is -0.140. The van der Waals surface area contributed by atoms with Gasteiger partial charge in [0.2, 0.25) is 6.23 Å². The van der Waals surface area contributed by atoms with E-state index in [9.17, 15) is 29.2 Å². The summed E-state index contributed by atoms with van der Waals surface area (Å²) in [6.45, 7) is 1.29. The van der Waals surface area contributed by atoms with Crippen LogP contribution in [0.2, 0.25) is 0 Å². The van der Waals surface area contributed by atoms with Crippen molar-refractivity contribution in [2.24, 2.45) is 5.92 Å². The maximum atomic E-state index is 15.3. The van der Waals surface area contributed by atoms with Gasteiger partial charge in [0.15, 0.2) is 12.7 Å². The number of ketones is 1. The molecule has 2 aromatic carbocycles. The molecule has 0 radical (unpaired) electrons. The van der Waals surface area contributed by atoms with Gasteiger partial charge in [-0.25, -0.2) is 14.2 Å². The first-order chi connectivity index (χ1) is 23.7. The van der Waals surface area contributed by atoms with E-state index >= 15 is 8.78 Å². The van der Waals surface area contributed by atoms with Crippen LogP contribution in [0.25, 0.3) is 11.0 Å². The number of hydrogen-bond donors (Lipinski definition) is 3. The molecule has 1 aliphatic heterocycles. The number of para-hydroxylation sites is 1. The van der Waals surface area contributed by atoms with Gasteiger partial charge >= 0.3 is 25.3 Å². The zero-order valence-corrected chi connectivity index (χ0v) is 27.9. The van der Waals surface area contributed by atoms with E-state index in [0.29, 0.717) is 26.8 Å². The first kappa shape index (κ1) is 36.6. The SMILES string of the molecule is COc1cc(CO)c2oc(COC(=O)Nc3ccn([C@@H]4O[C@H](COP(=O)(C[C@@H](C)C(C)=O)Oc5ccccc5)[C@@H](O)C4(F)F)c(=O)n3)cc2c1. The smallest absolute Gasteiger partial charge is 0.413 e. The fourth-order valence-corrected chi connectivity index (χ4v) is 6.99. The van der Waals surface area contributed by atoms with Gasteiger partial charge in [-0.1, -0.05) is 25.1 Å². The molecule has 268 valence electrons. The van der Waals surface area contributed by atoms with Gasteiger partial charge in [-0.15, -0.1) is 0 Å². The van der Waals surface area contributed by atoms with E-state index < -0.39 is 56.3 Å². The van der Waals surface area contributed by atoms with E-state index in [0.717, 1.165) is 12.3 Å². The molecule has 3 heterocycles. The number of nitrogens with zero attached hydrogens (tertiary/aromatic N) is 2. The number of aliphatic hydroxyl groups excluding tert-OH is 2. The van der Waals surface area contributed by atoms with Crippen molar-refractivity contribution in [3.8, 4) is 11.5 Å². The number of halogens is 2. The molecule has 0 spiro atoms. The molecular formula is C32H34F2N3O12P. The van der Waals surface area contributed by atoms with Crippen LogP contribution in [0.1, 0.15) is 31.4 Å². The van der Waals surface area contributed by atoms with Crippen molar-refractivity contribution < 1.29 is 60.8 Å². The summed E-state index contributed by atoms with van der Waals surface area (Å²) in [4.78, 5) is 40.7. The second kappa shape index (κ2) is 15.1. The number of furan rings is 1. The van der Waals surface area contributed by atoms with Gasteiger partial charge in [-0.05, 0) is 43.3 Å². The number of aliphatic hydroxyl groups is 2. The fourth-order valence-electron chi connectivity index (χ4n) is 5.01. The Morgan fingerprint density at radius 1 is 1.16 bits per heavy atom. The Hall–Kier alpha value is -4.67. The van der Waals surface area contributed by atoms with Crippen LogP contribution in [-0.2, 0) is 36.6 Å². The summed E-state index contributed by atoms with van der Waals surface area (Å²) in [7, 11) is -2.68. The number of nitrogens with one attached hydrogen (secondary N) is 1. The van der Waals surface area contributed by atoms with Crippen LogP contribution in [0.4, 0.5) is 19.4 Å². The minimum Gasteiger partial charge on any atom is -0.497 e. The summed E-state index contributed by atoms with van der Waals surface area (Å²) >= 11 is 0. The number of carbonyl (C=O) groups is 2. The number of aromatic nitrogens is 2. The number of benzene rings is 2. The number of alkyl halides is 2. The zero-order valence-electron chi connectivity index (χ0n) is 27.0. The third kappa shape index (κ3) is 8.20. The van der Waals surface area contributed by atoms with Crippen LogP contribution in [0.15, 0.2) is 70.0 Å². The van der Waals surface area contributed by atoms with E-state index in [1.54, 1.807) is 36.4 Å². The normalized spacial score (nSPS) is 20.2. The van der Waals surface area contributed by atoms with Crippen molar-refractivity contribution in [3.05, 3.63) is 82.6 Å². The van der Waals surface area contributed by atoms with Gasteiger partial charge in [-0.3, -0.25) is 19.2 Å². The minimum atomic E-state index is -4.15. The summed E-state index contributed by atoms with van der Waals surface area (Å²) in [5.74, 6) is -4.59. The highest BCUT2D eigenvalue weighted by Gasteiger charge is 2.60. The van der Waals surface area contributed by atoms with E-state index in [1.807, 2.05) is 0 Å². The fraction of sp³-hybridized carbons (Fsp3) is 0.375. The van der Waals surface area contributed by atoms with Gasteiger partial charge in [0, 0.05) is 23.1 Å². The molecule has 3 N–H and O–H groups in total. The van der Waals surface area contributed by atoms with Gasteiger partial charge in [0.25, 0.3) is 0 Å². The van der Waals surface area contributed by atoms with E-state index in [-0.39, 0.29) is 42.5 Å². The van der Waals surface area contributed by atoms with Crippen molar-refractivity contribution in [2.75, 3.05) is 25.2 Å². The quantitative estimate of drug-likeness (QED) is 0.152. The number of hydrogen-bond acceptors (Lipinski definition) is 13. The van der Waals surface area contributed by atoms with Crippen LogP contribution in [0.5, 0.6) is 11.5 Å². The van der Waals surface area contributed by atoms with Gasteiger partial charge in [0.1, 0.15) is 40.5 Å². The molecule has 1 saturated heterocycles. The molecule has 5 atom stereocenters. The van der Waals surface area contributed by atoms with Crippen LogP contribution in [0, 0.1) is 5.92 Å². The lowest BCUT2D eigenvalue weighted by Crippen LogP contribution is -2.42. The molecule has 0 saturated carbocycles. The minimum absolute atomic E-state index is 0.144. The molecule has 1 amide bonds. The Morgan fingerprint density at radius 2 is 1.90 bits per heavy atom. The predicted octanol–water partition coefficient (Wildman–Crippen LogP) is 4.65. The average Bonchev–Trinajstić information content (AvgIpc) is 3.59. The largest absolute Gasteiger partial charge is 0.497 e. The Bertz CT molecular complexity index is 1950. The highest BCUT2D eigenvalue weighted by molar-refractivity contribution is 7.54. The van der Waals surface area contributed by atoms with Crippen molar-refractivity contribution in [3.63, 3.8) is 0 Å². The highest BCUT2D eigenvalue weighted by Crippen LogP contribution is 2.51. The summed E-state index contributed by atoms with van der Waals surface area (Å²) < 4.78 is 76.9. The highest BCUT2D eigenvalue weighted by atomic mass is 31.2. The van der Waals surface area contributed by atoms with E-state index in [2.05, 4.69) is 10.3 Å². The van der Waals surface area contributed by atoms with Crippen LogP contribution in [-0.4, -0.2) is 69.6 Å². The number of amides is 1. The third-order valence-electron chi connectivity index (χ3n) is 7.78. The molecule has 5 rings (SSSR count). The molecule has 1 unspecified atom stereocenters. The lowest BCUT2D eigenvalue weighted by Gasteiger charge is -2.23. The topological polar surface area (TPSA) is 198 Å².